The molecule has 2 aromatic carbocycles. The Morgan fingerprint density at radius 2 is 2.00 bits per heavy atom. The van der Waals surface area contributed by atoms with Crippen molar-refractivity contribution in [2.75, 3.05) is 33.2 Å². The lowest BCUT2D eigenvalue weighted by atomic mass is 9.86. The average molecular weight is 326 g/mol. The Balaban J connectivity index is 1.69. The van der Waals surface area contributed by atoms with Gasteiger partial charge in [0.15, 0.2) is 0 Å². The fraction of sp³-hybridized carbons (Fsp3) is 0.450. The molecule has 0 bridgehead atoms. The summed E-state index contributed by atoms with van der Waals surface area (Å²) in [6.45, 7) is 4.44. The predicted octanol–water partition coefficient (Wildman–Crippen LogP) is 2.47. The van der Waals surface area contributed by atoms with Crippen molar-refractivity contribution < 1.29 is 9.90 Å². The molecule has 0 unspecified atom stereocenters. The van der Waals surface area contributed by atoms with Gasteiger partial charge in [0.1, 0.15) is 0 Å². The van der Waals surface area contributed by atoms with Gasteiger partial charge in [-0.25, -0.2) is 0 Å². The Morgan fingerprint density at radius 3 is 2.71 bits per heavy atom. The zero-order chi connectivity index (χ0) is 17.1. The fourth-order valence-corrected chi connectivity index (χ4v) is 3.43. The van der Waals surface area contributed by atoms with Crippen LogP contribution in [-0.2, 0) is 4.79 Å². The van der Waals surface area contributed by atoms with Crippen LogP contribution in [0.15, 0.2) is 42.5 Å². The van der Waals surface area contributed by atoms with Crippen LogP contribution in [0.1, 0.15) is 24.8 Å². The van der Waals surface area contributed by atoms with E-state index in [2.05, 4.69) is 30.3 Å². The molecule has 1 aliphatic rings. The lowest BCUT2D eigenvalue weighted by molar-refractivity contribution is -0.135. The molecule has 1 amide bonds. The highest BCUT2D eigenvalue weighted by Gasteiger charge is 2.31. The number of β-amino-alcohol motifs (C(OH)–C–C–N with tert-alkyl or cyclic N) is 1. The number of nitrogens with zero attached hydrogens (tertiary/aromatic N) is 2. The largest absolute Gasteiger partial charge is 0.391 e. The summed E-state index contributed by atoms with van der Waals surface area (Å²) < 4.78 is 0. The number of aliphatic hydroxyl groups excluding tert-OH is 1. The summed E-state index contributed by atoms with van der Waals surface area (Å²) in [5, 5.41) is 13.0. The van der Waals surface area contributed by atoms with E-state index >= 15 is 0 Å². The van der Waals surface area contributed by atoms with Gasteiger partial charge < -0.3 is 10.0 Å². The van der Waals surface area contributed by atoms with Crippen LogP contribution in [0.5, 0.6) is 0 Å². The van der Waals surface area contributed by atoms with Crippen LogP contribution in [0, 0.1) is 0 Å². The number of carbonyl (C=O) groups is 1. The highest BCUT2D eigenvalue weighted by Crippen LogP contribution is 2.30. The van der Waals surface area contributed by atoms with Crippen LogP contribution in [-0.4, -0.2) is 60.1 Å². The molecule has 0 aromatic heterocycles. The molecule has 0 radical (unpaired) electrons. The van der Waals surface area contributed by atoms with Crippen molar-refractivity contribution in [1.29, 1.82) is 0 Å². The molecule has 2 atom stereocenters. The number of fused-ring (bicyclic) bond motifs is 1. The van der Waals surface area contributed by atoms with Crippen LogP contribution in [0.25, 0.3) is 10.8 Å². The summed E-state index contributed by atoms with van der Waals surface area (Å²) in [5.74, 6) is 0.206. The molecule has 0 spiro atoms. The molecule has 4 nitrogen and oxygen atoms in total. The first-order valence-electron chi connectivity index (χ1n) is 8.71. The Kier molecular flexibility index (Phi) is 5.17. The summed E-state index contributed by atoms with van der Waals surface area (Å²) in [6, 6.07) is 14.7. The van der Waals surface area contributed by atoms with Crippen molar-refractivity contribution in [1.82, 2.24) is 9.80 Å². The number of likely N-dealkylation sites (tertiary alicyclic amines) is 1. The van der Waals surface area contributed by atoms with Crippen LogP contribution in [0.3, 0.4) is 0 Å². The third-order valence-electron chi connectivity index (χ3n) is 5.08. The zero-order valence-electron chi connectivity index (χ0n) is 14.5. The summed E-state index contributed by atoms with van der Waals surface area (Å²) in [5.41, 5.74) is 1.17. The molecule has 2 aromatic rings. The van der Waals surface area contributed by atoms with E-state index in [1.54, 1.807) is 4.90 Å². The van der Waals surface area contributed by atoms with Crippen LogP contribution >= 0.6 is 0 Å². The SMILES string of the molecule is CCN(C)CC(=O)N1CC[C@@H](c2ccc3ccccc3c2)[C@H](O)C1. The first-order chi connectivity index (χ1) is 11.6. The summed E-state index contributed by atoms with van der Waals surface area (Å²) in [6.07, 6.45) is 0.303. The van der Waals surface area contributed by atoms with Gasteiger partial charge in [-0.05, 0) is 36.3 Å². The molecule has 1 N–H and O–H groups in total. The minimum atomic E-state index is -0.504. The van der Waals surface area contributed by atoms with Crippen molar-refractivity contribution in [2.24, 2.45) is 0 Å². The first-order valence-corrected chi connectivity index (χ1v) is 8.71. The number of amides is 1. The number of benzene rings is 2. The molecule has 24 heavy (non-hydrogen) atoms. The molecule has 128 valence electrons. The third kappa shape index (κ3) is 3.60. The van der Waals surface area contributed by atoms with Gasteiger partial charge in [-0.15, -0.1) is 0 Å². The number of rotatable bonds is 4. The van der Waals surface area contributed by atoms with E-state index < -0.39 is 6.10 Å². The van der Waals surface area contributed by atoms with Crippen LogP contribution < -0.4 is 0 Å². The maximum Gasteiger partial charge on any atom is 0.236 e. The van der Waals surface area contributed by atoms with Gasteiger partial charge >= 0.3 is 0 Å². The third-order valence-corrected chi connectivity index (χ3v) is 5.08. The molecule has 0 aliphatic carbocycles. The average Bonchev–Trinajstić information content (AvgIpc) is 2.61. The lowest BCUT2D eigenvalue weighted by Crippen LogP contribution is -2.48. The topological polar surface area (TPSA) is 43.8 Å². The fourth-order valence-electron chi connectivity index (χ4n) is 3.43. The minimum Gasteiger partial charge on any atom is -0.391 e. The van der Waals surface area contributed by atoms with Gasteiger partial charge in [-0.2, -0.15) is 0 Å². The van der Waals surface area contributed by atoms with Gasteiger partial charge in [-0.3, -0.25) is 9.69 Å². The number of aliphatic hydroxyl groups is 1. The number of likely N-dealkylation sites (N-methyl/N-ethyl adjacent to an activating group) is 1. The molecular formula is C20H26N2O2. The first kappa shape index (κ1) is 16.9. The zero-order valence-corrected chi connectivity index (χ0v) is 14.5. The van der Waals surface area contributed by atoms with Crippen molar-refractivity contribution in [3.8, 4) is 0 Å². The van der Waals surface area contributed by atoms with Gasteiger partial charge in [-0.1, -0.05) is 49.4 Å². The monoisotopic (exact) mass is 326 g/mol. The van der Waals surface area contributed by atoms with E-state index in [4.69, 9.17) is 0 Å². The van der Waals surface area contributed by atoms with Crippen LogP contribution in [0.2, 0.25) is 0 Å². The predicted molar refractivity (Wildman–Crippen MR) is 97.1 cm³/mol. The van der Waals surface area contributed by atoms with E-state index in [0.717, 1.165) is 13.0 Å². The Bertz CT molecular complexity index is 716. The molecule has 3 rings (SSSR count). The second kappa shape index (κ2) is 7.32. The molecule has 0 saturated carbocycles. The maximum absolute atomic E-state index is 12.3. The number of hydrogen-bond donors (Lipinski definition) is 1. The summed E-state index contributed by atoms with van der Waals surface area (Å²) in [4.78, 5) is 16.1. The Labute approximate surface area is 143 Å². The van der Waals surface area contributed by atoms with Crippen molar-refractivity contribution in [3.05, 3.63) is 48.0 Å². The highest BCUT2D eigenvalue weighted by atomic mass is 16.3. The number of hydrogen-bond acceptors (Lipinski definition) is 3. The van der Waals surface area contributed by atoms with Crippen molar-refractivity contribution >= 4 is 16.7 Å². The van der Waals surface area contributed by atoms with Gasteiger partial charge in [0, 0.05) is 19.0 Å². The molecular weight excluding hydrogens is 300 g/mol. The summed E-state index contributed by atoms with van der Waals surface area (Å²) >= 11 is 0. The number of piperidine rings is 1. The van der Waals surface area contributed by atoms with Gasteiger partial charge in [0.05, 0.1) is 12.6 Å². The van der Waals surface area contributed by atoms with E-state index in [9.17, 15) is 9.90 Å². The maximum atomic E-state index is 12.3. The van der Waals surface area contributed by atoms with E-state index in [0.29, 0.717) is 19.6 Å². The quantitative estimate of drug-likeness (QED) is 0.939. The second-order valence-corrected chi connectivity index (χ2v) is 6.74. The highest BCUT2D eigenvalue weighted by molar-refractivity contribution is 5.83. The lowest BCUT2D eigenvalue weighted by Gasteiger charge is -2.37. The van der Waals surface area contributed by atoms with Crippen LogP contribution in [0.4, 0.5) is 0 Å². The van der Waals surface area contributed by atoms with Gasteiger partial charge in [0.2, 0.25) is 5.91 Å². The molecule has 1 fully saturated rings. The van der Waals surface area contributed by atoms with Crippen molar-refractivity contribution in [3.63, 3.8) is 0 Å². The van der Waals surface area contributed by atoms with Crippen molar-refractivity contribution in [2.45, 2.75) is 25.4 Å². The number of carbonyl (C=O) groups excluding carboxylic acids is 1. The Morgan fingerprint density at radius 1 is 1.25 bits per heavy atom. The molecule has 4 heteroatoms. The molecule has 1 aliphatic heterocycles. The molecule has 1 heterocycles. The smallest absolute Gasteiger partial charge is 0.236 e. The molecule has 1 saturated heterocycles. The minimum absolute atomic E-state index is 0.0996. The van der Waals surface area contributed by atoms with E-state index in [1.807, 2.05) is 31.0 Å². The van der Waals surface area contributed by atoms with Gasteiger partial charge in [0.25, 0.3) is 0 Å². The van der Waals surface area contributed by atoms with E-state index in [1.165, 1.54) is 16.3 Å². The Hall–Kier alpha value is -1.91. The summed E-state index contributed by atoms with van der Waals surface area (Å²) in [7, 11) is 1.94. The van der Waals surface area contributed by atoms with E-state index in [-0.39, 0.29) is 11.8 Å². The standard InChI is InChI=1S/C20H26N2O2/c1-3-21(2)14-20(24)22-11-10-18(19(23)13-22)17-9-8-15-6-4-5-7-16(15)12-17/h4-9,12,18-19,23H,3,10-11,13-14H2,1-2H3/t18-,19+/m0/s1. The normalized spacial score (nSPS) is 21.4. The second-order valence-electron chi connectivity index (χ2n) is 6.74.